The molecule has 2 heterocycles. The number of hydrogen-bond acceptors (Lipinski definition) is 4. The van der Waals surface area contributed by atoms with E-state index in [0.717, 1.165) is 10.9 Å². The molecule has 0 aliphatic heterocycles. The summed E-state index contributed by atoms with van der Waals surface area (Å²) in [4.78, 5) is 32.7. The molecule has 0 spiro atoms. The van der Waals surface area contributed by atoms with E-state index >= 15 is 0 Å². The van der Waals surface area contributed by atoms with Gasteiger partial charge in [0.05, 0.1) is 28.9 Å². The number of aromatic amines is 1. The van der Waals surface area contributed by atoms with Crippen molar-refractivity contribution in [1.82, 2.24) is 9.97 Å². The van der Waals surface area contributed by atoms with Crippen molar-refractivity contribution in [3.8, 4) is 17.2 Å². The van der Waals surface area contributed by atoms with Gasteiger partial charge >= 0.3 is 0 Å². The third kappa shape index (κ3) is 3.47. The summed E-state index contributed by atoms with van der Waals surface area (Å²) in [5.41, 5.74) is 2.54. The second kappa shape index (κ2) is 7.75. The van der Waals surface area contributed by atoms with Gasteiger partial charge in [-0.2, -0.15) is 5.26 Å². The Kier molecular flexibility index (Phi) is 4.83. The van der Waals surface area contributed by atoms with Crippen LogP contribution in [0.15, 0.2) is 83.9 Å². The van der Waals surface area contributed by atoms with Crippen LogP contribution in [-0.2, 0) is 0 Å². The van der Waals surface area contributed by atoms with Crippen LogP contribution >= 0.6 is 0 Å². The molecule has 0 saturated carbocycles. The number of benzene rings is 2. The van der Waals surface area contributed by atoms with E-state index in [4.69, 9.17) is 0 Å². The number of carbonyl (C=O) groups is 1. The van der Waals surface area contributed by atoms with Gasteiger partial charge < -0.3 is 4.98 Å². The lowest BCUT2D eigenvalue weighted by Gasteiger charge is -2.11. The summed E-state index contributed by atoms with van der Waals surface area (Å²) in [5.74, 6) is -0.434. The molecule has 4 aromatic rings. The number of carbonyl (C=O) groups excluding carboxylic acids is 1. The average molecular weight is 377 g/mol. The number of ketones is 1. The molecule has 0 unspecified atom stereocenters. The van der Waals surface area contributed by atoms with Crippen LogP contribution in [0, 0.1) is 11.3 Å². The minimum atomic E-state index is -0.479. The molecule has 0 fully saturated rings. The molecule has 1 N–H and O–H groups in total. The first-order valence-corrected chi connectivity index (χ1v) is 8.96. The molecule has 2 aromatic carbocycles. The number of fused-ring (bicyclic) bond motifs is 1. The molecule has 5 nitrogen and oxygen atoms in total. The van der Waals surface area contributed by atoms with Crippen molar-refractivity contribution in [3.05, 3.63) is 106 Å². The molecule has 0 atom stereocenters. The number of H-pyrrole nitrogens is 1. The third-order valence-electron chi connectivity index (χ3n) is 4.62. The molecule has 0 radical (unpaired) electrons. The van der Waals surface area contributed by atoms with Gasteiger partial charge in [0.1, 0.15) is 0 Å². The first kappa shape index (κ1) is 18.1. The molecule has 4 rings (SSSR count). The minimum Gasteiger partial charge on any atom is -0.320 e. The second-order valence-corrected chi connectivity index (χ2v) is 6.39. The Morgan fingerprint density at radius 1 is 1.03 bits per heavy atom. The molecule has 0 aliphatic carbocycles. The Morgan fingerprint density at radius 2 is 1.79 bits per heavy atom. The predicted molar refractivity (Wildman–Crippen MR) is 112 cm³/mol. The molecule has 0 saturated heterocycles. The normalized spacial score (nSPS) is 10.9. The fourth-order valence-electron chi connectivity index (χ4n) is 3.28. The maximum Gasteiger partial charge on any atom is 0.260 e. The zero-order valence-corrected chi connectivity index (χ0v) is 15.3. The average Bonchev–Trinajstić information content (AvgIpc) is 2.77. The zero-order chi connectivity index (χ0) is 20.2. The highest BCUT2D eigenvalue weighted by atomic mass is 16.1. The van der Waals surface area contributed by atoms with Gasteiger partial charge in [-0.05, 0) is 35.4 Å². The smallest absolute Gasteiger partial charge is 0.260 e. The largest absolute Gasteiger partial charge is 0.320 e. The maximum atomic E-state index is 13.1. The van der Waals surface area contributed by atoms with Crippen LogP contribution in [0.5, 0.6) is 0 Å². The summed E-state index contributed by atoms with van der Waals surface area (Å²) in [7, 11) is 0. The maximum absolute atomic E-state index is 13.1. The monoisotopic (exact) mass is 377 g/mol. The minimum absolute atomic E-state index is 0.0561. The summed E-state index contributed by atoms with van der Waals surface area (Å²) in [6.07, 6.45) is 6.09. The van der Waals surface area contributed by atoms with E-state index in [0.29, 0.717) is 22.2 Å². The Labute approximate surface area is 166 Å². The highest BCUT2D eigenvalue weighted by molar-refractivity contribution is 6.15. The van der Waals surface area contributed by atoms with Crippen molar-refractivity contribution < 1.29 is 4.79 Å². The van der Waals surface area contributed by atoms with E-state index in [1.54, 1.807) is 48.8 Å². The van der Waals surface area contributed by atoms with Crippen LogP contribution in [-0.4, -0.2) is 15.8 Å². The molecule has 5 heteroatoms. The quantitative estimate of drug-likeness (QED) is 0.423. The van der Waals surface area contributed by atoms with E-state index in [9.17, 15) is 14.9 Å². The number of allylic oxidation sites excluding steroid dienone is 1. The number of hydrogen-bond donors (Lipinski definition) is 1. The van der Waals surface area contributed by atoms with Crippen molar-refractivity contribution in [2.45, 2.75) is 0 Å². The second-order valence-electron chi connectivity index (χ2n) is 6.39. The fourth-order valence-corrected chi connectivity index (χ4v) is 3.28. The number of rotatable bonds is 4. The predicted octanol–water partition coefficient (Wildman–Crippen LogP) is 4.36. The molecule has 2 aromatic heterocycles. The molecule has 0 aliphatic rings. The summed E-state index contributed by atoms with van der Waals surface area (Å²) in [6.45, 7) is 0. The van der Waals surface area contributed by atoms with Gasteiger partial charge in [-0.25, -0.2) is 0 Å². The molecular weight excluding hydrogens is 362 g/mol. The first-order valence-electron chi connectivity index (χ1n) is 8.96. The number of nitriles is 1. The van der Waals surface area contributed by atoms with E-state index in [-0.39, 0.29) is 5.56 Å². The van der Waals surface area contributed by atoms with Gasteiger partial charge in [-0.15, -0.1) is 0 Å². The molecule has 29 heavy (non-hydrogen) atoms. The van der Waals surface area contributed by atoms with Crippen LogP contribution in [0.1, 0.15) is 21.5 Å². The molecule has 138 valence electrons. The van der Waals surface area contributed by atoms with Gasteiger partial charge in [0.15, 0.2) is 5.78 Å². The standard InChI is InChI=1S/C24H15N3O2/c25-14-18-9-5-4-6-16(18)10-11-21(28)23-22(17-7-2-1-3-8-17)19-12-13-26-15-20(19)27-24(23)29/h1-13,15H,(H,27,29)/b11-10+. The van der Waals surface area contributed by atoms with E-state index in [1.165, 1.54) is 6.08 Å². The van der Waals surface area contributed by atoms with Crippen molar-refractivity contribution >= 4 is 22.8 Å². The summed E-state index contributed by atoms with van der Waals surface area (Å²) in [6, 6.07) is 20.2. The Hall–Kier alpha value is -4.30. The van der Waals surface area contributed by atoms with E-state index in [1.807, 2.05) is 30.3 Å². The highest BCUT2D eigenvalue weighted by Gasteiger charge is 2.19. The van der Waals surface area contributed by atoms with Crippen LogP contribution < -0.4 is 5.56 Å². The van der Waals surface area contributed by atoms with E-state index in [2.05, 4.69) is 16.0 Å². The molecule has 0 amide bonds. The number of aromatic nitrogens is 2. The van der Waals surface area contributed by atoms with Crippen molar-refractivity contribution in [2.24, 2.45) is 0 Å². The lowest BCUT2D eigenvalue weighted by atomic mass is 9.94. The van der Waals surface area contributed by atoms with Gasteiger partial charge in [0.2, 0.25) is 0 Å². The summed E-state index contributed by atoms with van der Waals surface area (Å²) >= 11 is 0. The third-order valence-corrected chi connectivity index (χ3v) is 4.62. The first-order chi connectivity index (χ1) is 14.2. The lowest BCUT2D eigenvalue weighted by Crippen LogP contribution is -2.18. The van der Waals surface area contributed by atoms with Crippen LogP contribution in [0.4, 0.5) is 0 Å². The summed E-state index contributed by atoms with van der Waals surface area (Å²) < 4.78 is 0. The topological polar surface area (TPSA) is 86.6 Å². The highest BCUT2D eigenvalue weighted by Crippen LogP contribution is 2.29. The number of pyridine rings is 2. The van der Waals surface area contributed by atoms with Crippen LogP contribution in [0.2, 0.25) is 0 Å². The van der Waals surface area contributed by atoms with Gasteiger partial charge in [0, 0.05) is 17.1 Å². The zero-order valence-electron chi connectivity index (χ0n) is 15.3. The SMILES string of the molecule is N#Cc1ccccc1/C=C/C(=O)c1c(-c2ccccc2)c2ccncc2[nH]c1=O. The Morgan fingerprint density at radius 3 is 2.59 bits per heavy atom. The molecule has 0 bridgehead atoms. The van der Waals surface area contributed by atoms with Gasteiger partial charge in [-0.3, -0.25) is 14.6 Å². The van der Waals surface area contributed by atoms with Crippen molar-refractivity contribution in [1.29, 1.82) is 5.26 Å². The Balaban J connectivity index is 1.91. The van der Waals surface area contributed by atoms with Crippen LogP contribution in [0.3, 0.4) is 0 Å². The van der Waals surface area contributed by atoms with Crippen molar-refractivity contribution in [2.75, 3.05) is 0 Å². The Bertz CT molecular complexity index is 1350. The van der Waals surface area contributed by atoms with Gasteiger partial charge in [-0.1, -0.05) is 48.5 Å². The summed E-state index contributed by atoms with van der Waals surface area (Å²) in [5, 5.41) is 9.96. The number of nitrogens with zero attached hydrogens (tertiary/aromatic N) is 2. The van der Waals surface area contributed by atoms with Gasteiger partial charge in [0.25, 0.3) is 5.56 Å². The van der Waals surface area contributed by atoms with Crippen LogP contribution in [0.25, 0.3) is 28.1 Å². The molecular formula is C24H15N3O2. The van der Waals surface area contributed by atoms with E-state index < -0.39 is 11.3 Å². The lowest BCUT2D eigenvalue weighted by molar-refractivity contribution is 0.104. The van der Waals surface area contributed by atoms with Crippen molar-refractivity contribution in [3.63, 3.8) is 0 Å². The fraction of sp³-hybridized carbons (Fsp3) is 0. The number of nitrogens with one attached hydrogen (secondary N) is 1.